The minimum Gasteiger partial charge on any atom is -0.454 e. The molecular formula is C45H79B4N2O13+2. The monoisotopic (exact) mass is 900 g/mol. The van der Waals surface area contributed by atoms with Gasteiger partial charge in [0.1, 0.15) is 6.79 Å². The second-order valence-electron chi connectivity index (χ2n) is 20.7. The summed E-state index contributed by atoms with van der Waals surface area (Å²) in [6.45, 7) is 31.3. The highest BCUT2D eigenvalue weighted by atomic mass is 16.8. The van der Waals surface area contributed by atoms with Crippen molar-refractivity contribution in [3.63, 3.8) is 0 Å². The van der Waals surface area contributed by atoms with Gasteiger partial charge in [-0.1, -0.05) is 72.8 Å². The predicted octanol–water partition coefficient (Wildman–Crippen LogP) is 6.46. The van der Waals surface area contributed by atoms with Crippen molar-refractivity contribution in [1.82, 2.24) is 0 Å². The van der Waals surface area contributed by atoms with Crippen LogP contribution < -0.4 is 9.47 Å². The van der Waals surface area contributed by atoms with Crippen LogP contribution in [0.15, 0.2) is 24.3 Å². The van der Waals surface area contributed by atoms with Gasteiger partial charge in [-0.05, 0) is 88.5 Å². The Balaban J connectivity index is 0.000000165. The lowest BCUT2D eigenvalue weighted by Gasteiger charge is -2.34. The van der Waals surface area contributed by atoms with Crippen molar-refractivity contribution in [2.24, 2.45) is 16.7 Å². The molecule has 0 saturated carbocycles. The van der Waals surface area contributed by atoms with Gasteiger partial charge >= 0.3 is 25.6 Å². The van der Waals surface area contributed by atoms with E-state index < -0.39 is 6.41 Å². The van der Waals surface area contributed by atoms with Crippen LogP contribution in [0.3, 0.4) is 0 Å². The fourth-order valence-electron chi connectivity index (χ4n) is 7.98. The molecule has 8 fully saturated rings. The molecule has 0 spiro atoms. The molecule has 1 unspecified atom stereocenters. The fourth-order valence-corrected chi connectivity index (χ4v) is 7.98. The average molecular weight is 899 g/mol. The highest BCUT2D eigenvalue weighted by molar-refractivity contribution is 6.36. The molecule has 10 rings (SSSR count). The first kappa shape index (κ1) is 54.3. The second kappa shape index (κ2) is 25.1. The Morgan fingerprint density at radius 3 is 1.77 bits per heavy atom. The maximum Gasteiger partial charge on any atom is 0.760 e. The molecule has 15 nitrogen and oxygen atoms in total. The van der Waals surface area contributed by atoms with Crippen LogP contribution in [-0.4, -0.2) is 155 Å². The maximum atomic E-state index is 10.7. The Labute approximate surface area is 387 Å². The highest BCUT2D eigenvalue weighted by Gasteiger charge is 2.57. The van der Waals surface area contributed by atoms with E-state index in [0.717, 1.165) is 93.3 Å². The smallest absolute Gasteiger partial charge is 0.454 e. The van der Waals surface area contributed by atoms with Gasteiger partial charge in [0.15, 0.2) is 24.6 Å². The first-order valence-electron chi connectivity index (χ1n) is 23.5. The van der Waals surface area contributed by atoms with E-state index in [4.69, 9.17) is 51.7 Å². The Kier molecular flexibility index (Phi) is 21.3. The van der Waals surface area contributed by atoms with Crippen molar-refractivity contribution in [3.05, 3.63) is 24.3 Å². The standard InChI is InChI=1S/C8H17BNO2.2C7H14BO.C7H6O2.C6H12BO.C6H8NO4.C4H8O2/c1-2-3-4-10-5-7-11-9(10)12-8-6-10;1-6-4-7(2,3)9-8-5-6;1-6(2)5-8-9-7(6,3)4;1-2-4-7-6(3-1)8-5-9-7;1-6(2)3-4-7-8-5-6;1-7-2-4(8)10-6(7)11-5(9)3-7;1-2-5-4-6-3-1/h2-8H2,1H3;6H,4-5H2,1-3H3;5H2,1-4H3;1-4H,5H2;3-5H2,1-2H3;6H,2-3H2,1H3;1-4H2/q+1;;;;;+1;. The van der Waals surface area contributed by atoms with Crippen molar-refractivity contribution in [2.75, 3.05) is 86.4 Å². The number of hydrogen-bond acceptors (Lipinski definition) is 13. The summed E-state index contributed by atoms with van der Waals surface area (Å²) in [6.07, 6.45) is 8.69. The highest BCUT2D eigenvalue weighted by Crippen LogP contribution is 2.42. The number of unbranched alkanes of at least 4 members (excludes halogenated alkanes) is 1. The van der Waals surface area contributed by atoms with Crippen molar-refractivity contribution in [3.8, 4) is 11.5 Å². The van der Waals surface area contributed by atoms with E-state index in [0.29, 0.717) is 24.4 Å². The number of para-hydroxylation sites is 2. The molecule has 64 heavy (non-hydrogen) atoms. The van der Waals surface area contributed by atoms with Gasteiger partial charge in [0.25, 0.3) is 22.4 Å². The molecule has 1 atom stereocenters. The summed E-state index contributed by atoms with van der Waals surface area (Å²) >= 11 is 0. The van der Waals surface area contributed by atoms with Gasteiger partial charge in [-0.2, -0.15) is 0 Å². The number of nitrogens with zero attached hydrogens (tertiary/aromatic N) is 2. The van der Waals surface area contributed by atoms with Crippen LogP contribution >= 0.6 is 0 Å². The zero-order valence-electron chi connectivity index (χ0n) is 41.1. The van der Waals surface area contributed by atoms with Gasteiger partial charge in [-0.25, -0.2) is 14.1 Å². The van der Waals surface area contributed by atoms with Gasteiger partial charge in [0, 0.05) is 17.8 Å². The Morgan fingerprint density at radius 2 is 1.41 bits per heavy atom. The van der Waals surface area contributed by atoms with Gasteiger partial charge in [-0.3, -0.25) is 0 Å². The summed E-state index contributed by atoms with van der Waals surface area (Å²) in [5.74, 6) is 1.89. The quantitative estimate of drug-likeness (QED) is 0.187. The number of hydrogen-bond donors (Lipinski definition) is 0. The molecule has 19 heteroatoms. The number of likely N-dealkylation sites (N-methyl/N-ethyl adjacent to an activating group) is 1. The van der Waals surface area contributed by atoms with Gasteiger partial charge < -0.3 is 56.1 Å². The molecule has 1 aromatic carbocycles. The summed E-state index contributed by atoms with van der Waals surface area (Å²) in [4.78, 5) is 21.5. The predicted molar refractivity (Wildman–Crippen MR) is 247 cm³/mol. The molecule has 0 bridgehead atoms. The second-order valence-corrected chi connectivity index (χ2v) is 20.7. The van der Waals surface area contributed by atoms with Crippen molar-refractivity contribution < 1.29 is 70.2 Å². The van der Waals surface area contributed by atoms with Crippen LogP contribution in [0.4, 0.5) is 0 Å². The van der Waals surface area contributed by atoms with Crippen LogP contribution in [0.5, 0.6) is 11.5 Å². The van der Waals surface area contributed by atoms with Crippen molar-refractivity contribution in [1.29, 1.82) is 0 Å². The topological polar surface area (TPSA) is 136 Å². The number of quaternary nitrogens is 2. The molecule has 0 aliphatic carbocycles. The minimum absolute atomic E-state index is 0.0347. The number of rotatable bonds is 3. The molecule has 9 aliphatic heterocycles. The van der Waals surface area contributed by atoms with Crippen LogP contribution in [-0.2, 0) is 51.8 Å². The van der Waals surface area contributed by atoms with E-state index in [9.17, 15) is 9.59 Å². The molecular weight excluding hydrogens is 820 g/mol. The summed E-state index contributed by atoms with van der Waals surface area (Å²) < 4.78 is 57.7. The number of esters is 2. The minimum atomic E-state index is -0.685. The molecule has 0 aromatic heterocycles. The van der Waals surface area contributed by atoms with Crippen molar-refractivity contribution >= 4 is 41.6 Å². The Hall–Kier alpha value is -2.34. The van der Waals surface area contributed by atoms with E-state index in [2.05, 4.69) is 69.2 Å². The molecule has 357 valence electrons. The summed E-state index contributed by atoms with van der Waals surface area (Å²) in [7, 11) is 7.61. The van der Waals surface area contributed by atoms with E-state index >= 15 is 0 Å². The number of carbonyl (C=O) groups is 2. The van der Waals surface area contributed by atoms with Crippen LogP contribution in [0, 0.1) is 16.7 Å². The lowest BCUT2D eigenvalue weighted by molar-refractivity contribution is -0.931. The first-order chi connectivity index (χ1) is 30.2. The van der Waals surface area contributed by atoms with Crippen LogP contribution in [0.2, 0.25) is 19.0 Å². The van der Waals surface area contributed by atoms with Gasteiger partial charge in [0.2, 0.25) is 6.79 Å². The SMILES string of the molecule is C1COCOC1.CC1(C)CC[B]OC1.CC1(C)C[B]OC1(C)C.CC1C[B]OC(C)(C)C1.CCCC[N+]12CCOB1OCC2.C[N+]12CC(=O)OC1OC(=O)C2.c1ccc2c(c1)OCO2. The number of carbonyl (C=O) groups excluding carboxylic acids is 2. The molecule has 9 aliphatic rings. The summed E-state index contributed by atoms with van der Waals surface area (Å²) in [6, 6.07) is 7.63. The van der Waals surface area contributed by atoms with Crippen LogP contribution in [0.1, 0.15) is 101 Å². The van der Waals surface area contributed by atoms with Gasteiger partial charge in [0.05, 0.1) is 53.1 Å². The van der Waals surface area contributed by atoms with Crippen LogP contribution in [0.25, 0.3) is 0 Å². The first-order valence-corrected chi connectivity index (χ1v) is 23.5. The maximum absolute atomic E-state index is 10.7. The molecule has 0 N–H and O–H groups in total. The lowest BCUT2D eigenvalue weighted by Crippen LogP contribution is -2.52. The van der Waals surface area contributed by atoms with E-state index in [-0.39, 0.29) is 48.0 Å². The van der Waals surface area contributed by atoms with E-state index in [1.54, 1.807) is 7.05 Å². The third kappa shape index (κ3) is 17.4. The zero-order valence-corrected chi connectivity index (χ0v) is 41.1. The normalized spacial score (nSPS) is 28.5. The number of benzene rings is 1. The molecule has 1 aromatic rings. The Morgan fingerprint density at radius 1 is 0.797 bits per heavy atom. The molecule has 9 heterocycles. The van der Waals surface area contributed by atoms with Gasteiger partial charge in [-0.15, -0.1) is 0 Å². The average Bonchev–Trinajstić information content (AvgIpc) is 4.08. The largest absolute Gasteiger partial charge is 0.760 e. The van der Waals surface area contributed by atoms with E-state index in [1.807, 2.05) is 46.7 Å². The summed E-state index contributed by atoms with van der Waals surface area (Å²) in [5, 5.41) is 0. The van der Waals surface area contributed by atoms with Crippen molar-refractivity contribution in [2.45, 2.75) is 138 Å². The van der Waals surface area contributed by atoms with E-state index in [1.165, 1.54) is 32.2 Å². The summed E-state index contributed by atoms with van der Waals surface area (Å²) in [5.41, 5.74) is 0.867. The Bertz CT molecular complexity index is 1480. The molecule has 3 radical (unpaired) electrons. The number of fused-ring (bicyclic) bond motifs is 3. The number of ether oxygens (including phenoxy) is 6. The third-order valence-electron chi connectivity index (χ3n) is 12.8. The zero-order chi connectivity index (χ0) is 46.9. The third-order valence-corrected chi connectivity index (χ3v) is 12.8. The molecule has 0 amide bonds. The molecule has 8 saturated heterocycles. The fraction of sp³-hybridized carbons (Fsp3) is 0.822. The lowest BCUT2D eigenvalue weighted by atomic mass is 9.72.